The summed E-state index contributed by atoms with van der Waals surface area (Å²) in [6.07, 6.45) is 3.44. The van der Waals surface area contributed by atoms with E-state index < -0.39 is 0 Å². The standard InChI is InChI=1S/C15H17ClIN3O/c16-9-14-18-12-8-11(17)4-5-13(12)20(14)10-15(21)19-6-2-1-3-7-19/h4-5,8H,1-3,6-7,9-10H2. The molecule has 1 aromatic carbocycles. The Hall–Kier alpha value is -0.820. The van der Waals surface area contributed by atoms with Gasteiger partial charge in [-0.3, -0.25) is 4.79 Å². The Bertz CT molecular complexity index is 664. The van der Waals surface area contributed by atoms with Crippen LogP contribution in [-0.4, -0.2) is 33.4 Å². The topological polar surface area (TPSA) is 38.1 Å². The Kier molecular flexibility index (Phi) is 4.69. The molecule has 21 heavy (non-hydrogen) atoms. The zero-order valence-corrected chi connectivity index (χ0v) is 14.6. The second-order valence-electron chi connectivity index (χ2n) is 5.32. The van der Waals surface area contributed by atoms with E-state index in [1.807, 2.05) is 27.7 Å². The Labute approximate surface area is 142 Å². The van der Waals surface area contributed by atoms with E-state index in [-0.39, 0.29) is 5.91 Å². The van der Waals surface area contributed by atoms with Gasteiger partial charge >= 0.3 is 0 Å². The summed E-state index contributed by atoms with van der Waals surface area (Å²) in [5.41, 5.74) is 1.89. The van der Waals surface area contributed by atoms with Gasteiger partial charge in [0.25, 0.3) is 0 Å². The summed E-state index contributed by atoms with van der Waals surface area (Å²) in [5, 5.41) is 0. The van der Waals surface area contributed by atoms with Gasteiger partial charge in [-0.2, -0.15) is 0 Å². The van der Waals surface area contributed by atoms with Gasteiger partial charge in [-0.25, -0.2) is 4.98 Å². The quantitative estimate of drug-likeness (QED) is 0.567. The van der Waals surface area contributed by atoms with E-state index in [0.29, 0.717) is 12.4 Å². The zero-order valence-electron chi connectivity index (χ0n) is 11.7. The minimum Gasteiger partial charge on any atom is -0.341 e. The van der Waals surface area contributed by atoms with Crippen molar-refractivity contribution in [3.05, 3.63) is 27.6 Å². The monoisotopic (exact) mass is 417 g/mol. The summed E-state index contributed by atoms with van der Waals surface area (Å²) >= 11 is 8.27. The third-order valence-electron chi connectivity index (χ3n) is 3.91. The molecule has 0 N–H and O–H groups in total. The van der Waals surface area contributed by atoms with E-state index >= 15 is 0 Å². The van der Waals surface area contributed by atoms with Crippen LogP contribution < -0.4 is 0 Å². The van der Waals surface area contributed by atoms with Gasteiger partial charge in [0.2, 0.25) is 5.91 Å². The van der Waals surface area contributed by atoms with Crippen LogP contribution in [0.2, 0.25) is 0 Å². The molecule has 112 valence electrons. The molecule has 0 atom stereocenters. The number of halogens is 2. The first kappa shape index (κ1) is 15.1. The van der Waals surface area contributed by atoms with Gasteiger partial charge in [0.1, 0.15) is 12.4 Å². The molecule has 0 aliphatic carbocycles. The Morgan fingerprint density at radius 2 is 2.05 bits per heavy atom. The second-order valence-corrected chi connectivity index (χ2v) is 6.84. The number of benzene rings is 1. The van der Waals surface area contributed by atoms with Crippen molar-refractivity contribution in [2.45, 2.75) is 31.7 Å². The van der Waals surface area contributed by atoms with Crippen molar-refractivity contribution >= 4 is 51.1 Å². The van der Waals surface area contributed by atoms with Crippen molar-refractivity contribution < 1.29 is 4.79 Å². The van der Waals surface area contributed by atoms with Gasteiger partial charge in [0, 0.05) is 16.7 Å². The molecular weight excluding hydrogens is 401 g/mol. The lowest BCUT2D eigenvalue weighted by Crippen LogP contribution is -2.38. The van der Waals surface area contributed by atoms with Crippen LogP contribution in [-0.2, 0) is 17.2 Å². The number of hydrogen-bond acceptors (Lipinski definition) is 2. The molecule has 2 aromatic rings. The average molecular weight is 418 g/mol. The van der Waals surface area contributed by atoms with Crippen LogP contribution in [0, 0.1) is 3.57 Å². The second kappa shape index (κ2) is 6.52. The molecule has 0 unspecified atom stereocenters. The van der Waals surface area contributed by atoms with E-state index in [4.69, 9.17) is 11.6 Å². The number of nitrogens with zero attached hydrogens (tertiary/aromatic N) is 3. The van der Waals surface area contributed by atoms with Crippen LogP contribution in [0.3, 0.4) is 0 Å². The number of aromatic nitrogens is 2. The molecule has 1 saturated heterocycles. The molecule has 6 heteroatoms. The molecule has 3 rings (SSSR count). The van der Waals surface area contributed by atoms with E-state index in [0.717, 1.165) is 46.4 Å². The van der Waals surface area contributed by atoms with Gasteiger partial charge in [-0.1, -0.05) is 0 Å². The number of fused-ring (bicyclic) bond motifs is 1. The minimum atomic E-state index is 0.166. The van der Waals surface area contributed by atoms with Crippen molar-refractivity contribution in [3.8, 4) is 0 Å². The van der Waals surface area contributed by atoms with E-state index in [2.05, 4.69) is 27.6 Å². The molecule has 0 bridgehead atoms. The Balaban J connectivity index is 1.89. The molecule has 0 saturated carbocycles. The summed E-state index contributed by atoms with van der Waals surface area (Å²) in [6.45, 7) is 2.08. The fourth-order valence-corrected chi connectivity index (χ4v) is 3.49. The number of carbonyl (C=O) groups excluding carboxylic acids is 1. The third-order valence-corrected chi connectivity index (χ3v) is 4.82. The zero-order chi connectivity index (χ0) is 14.8. The van der Waals surface area contributed by atoms with E-state index in [9.17, 15) is 4.79 Å². The molecule has 4 nitrogen and oxygen atoms in total. The van der Waals surface area contributed by atoms with Gasteiger partial charge in [-0.05, 0) is 60.1 Å². The predicted octanol–water partition coefficient (Wildman–Crippen LogP) is 3.39. The fraction of sp³-hybridized carbons (Fsp3) is 0.467. The van der Waals surface area contributed by atoms with Crippen LogP contribution in [0.4, 0.5) is 0 Å². The summed E-state index contributed by atoms with van der Waals surface area (Å²) in [5.74, 6) is 1.25. The maximum absolute atomic E-state index is 12.5. The molecule has 1 aliphatic rings. The van der Waals surface area contributed by atoms with Crippen LogP contribution >= 0.6 is 34.2 Å². The number of alkyl halides is 1. The summed E-state index contributed by atoms with van der Waals surface area (Å²) < 4.78 is 3.09. The van der Waals surface area contributed by atoms with Crippen LogP contribution in [0.25, 0.3) is 11.0 Å². The molecule has 1 aliphatic heterocycles. The number of likely N-dealkylation sites (tertiary alicyclic amines) is 1. The predicted molar refractivity (Wildman–Crippen MR) is 92.4 cm³/mol. The van der Waals surface area contributed by atoms with Crippen molar-refractivity contribution in [2.75, 3.05) is 13.1 Å². The van der Waals surface area contributed by atoms with E-state index in [1.165, 1.54) is 6.42 Å². The van der Waals surface area contributed by atoms with E-state index in [1.54, 1.807) is 0 Å². The third kappa shape index (κ3) is 3.18. The maximum Gasteiger partial charge on any atom is 0.242 e. The lowest BCUT2D eigenvalue weighted by Gasteiger charge is -2.27. The molecule has 1 amide bonds. The average Bonchev–Trinajstić information content (AvgIpc) is 2.85. The molecule has 2 heterocycles. The van der Waals surface area contributed by atoms with Crippen molar-refractivity contribution in [3.63, 3.8) is 0 Å². The van der Waals surface area contributed by atoms with Crippen molar-refractivity contribution in [2.24, 2.45) is 0 Å². The van der Waals surface area contributed by atoms with Crippen LogP contribution in [0.5, 0.6) is 0 Å². The maximum atomic E-state index is 12.5. The smallest absolute Gasteiger partial charge is 0.242 e. The van der Waals surface area contributed by atoms with Gasteiger partial charge in [0.15, 0.2) is 0 Å². The van der Waals surface area contributed by atoms with Crippen LogP contribution in [0.15, 0.2) is 18.2 Å². The summed E-state index contributed by atoms with van der Waals surface area (Å²) in [6, 6.07) is 6.07. The normalized spacial score (nSPS) is 15.6. The highest BCUT2D eigenvalue weighted by atomic mass is 127. The molecular formula is C15H17ClIN3O. The number of carbonyl (C=O) groups is 1. The molecule has 1 aromatic heterocycles. The fourth-order valence-electron chi connectivity index (χ4n) is 2.81. The number of piperidine rings is 1. The SMILES string of the molecule is O=C(Cn1c(CCl)nc2cc(I)ccc21)N1CCCCC1. The largest absolute Gasteiger partial charge is 0.341 e. The van der Waals surface area contributed by atoms with Crippen molar-refractivity contribution in [1.82, 2.24) is 14.5 Å². The Morgan fingerprint density at radius 3 is 2.76 bits per heavy atom. The Morgan fingerprint density at radius 1 is 1.29 bits per heavy atom. The minimum absolute atomic E-state index is 0.166. The summed E-state index contributed by atoms with van der Waals surface area (Å²) in [7, 11) is 0. The van der Waals surface area contributed by atoms with Gasteiger partial charge < -0.3 is 9.47 Å². The molecule has 0 radical (unpaired) electrons. The van der Waals surface area contributed by atoms with Crippen molar-refractivity contribution in [1.29, 1.82) is 0 Å². The molecule has 0 spiro atoms. The highest BCUT2D eigenvalue weighted by Gasteiger charge is 2.19. The first-order valence-electron chi connectivity index (χ1n) is 7.17. The van der Waals surface area contributed by atoms with Crippen LogP contribution in [0.1, 0.15) is 25.1 Å². The van der Waals surface area contributed by atoms with Gasteiger partial charge in [0.05, 0.1) is 16.9 Å². The number of hydrogen-bond donors (Lipinski definition) is 0. The number of rotatable bonds is 3. The first-order valence-corrected chi connectivity index (χ1v) is 8.79. The lowest BCUT2D eigenvalue weighted by atomic mass is 10.1. The number of amides is 1. The number of imidazole rings is 1. The van der Waals surface area contributed by atoms with Gasteiger partial charge in [-0.15, -0.1) is 11.6 Å². The highest BCUT2D eigenvalue weighted by molar-refractivity contribution is 14.1. The lowest BCUT2D eigenvalue weighted by molar-refractivity contribution is -0.132. The molecule has 1 fully saturated rings. The highest BCUT2D eigenvalue weighted by Crippen LogP contribution is 2.21. The summed E-state index contributed by atoms with van der Waals surface area (Å²) in [4.78, 5) is 19.0. The first-order chi connectivity index (χ1) is 10.2.